The van der Waals surface area contributed by atoms with E-state index in [1.165, 1.54) is 18.1 Å². The lowest BCUT2D eigenvalue weighted by atomic mass is 10.1. The van der Waals surface area contributed by atoms with Crippen LogP contribution >= 0.6 is 0 Å². The topological polar surface area (TPSA) is 9.72 Å². The first-order chi connectivity index (χ1) is 12.3. The number of hydrogen-bond donors (Lipinski definition) is 0. The molecule has 0 atom stereocenters. The van der Waals surface area contributed by atoms with Gasteiger partial charge in [0.1, 0.15) is 0 Å². The molecular weight excluding hydrogens is 339 g/mol. The van der Waals surface area contributed by atoms with Gasteiger partial charge in [-0.15, -0.1) is 0 Å². The van der Waals surface area contributed by atoms with Crippen molar-refractivity contribution in [1.29, 1.82) is 0 Å². The molecule has 0 saturated carbocycles. The molecule has 6 heteroatoms. The summed E-state index contributed by atoms with van der Waals surface area (Å²) in [6.07, 6.45) is -2.17. The van der Waals surface area contributed by atoms with Crippen molar-refractivity contribution in [3.05, 3.63) is 35.2 Å². The molecule has 2 aliphatic rings. The molecule has 0 aromatic heterocycles. The highest BCUT2D eigenvalue weighted by Crippen LogP contribution is 2.35. The molecule has 2 heterocycles. The third-order valence-electron chi connectivity index (χ3n) is 5.26. The van der Waals surface area contributed by atoms with Gasteiger partial charge in [-0.2, -0.15) is 13.2 Å². The van der Waals surface area contributed by atoms with Crippen molar-refractivity contribution in [2.24, 2.45) is 0 Å². The van der Waals surface area contributed by atoms with Crippen LogP contribution in [-0.2, 0) is 12.7 Å². The predicted octanol–water partition coefficient (Wildman–Crippen LogP) is 4.04. The summed E-state index contributed by atoms with van der Waals surface area (Å²) in [7, 11) is 0. The van der Waals surface area contributed by atoms with Crippen LogP contribution in [0.25, 0.3) is 0 Å². The first-order valence-corrected chi connectivity index (χ1v) is 9.52. The maximum atomic E-state index is 13.2. The zero-order valence-electron chi connectivity index (χ0n) is 15.8. The summed E-state index contributed by atoms with van der Waals surface area (Å²) in [4.78, 5) is 6.93. The van der Waals surface area contributed by atoms with E-state index in [9.17, 15) is 13.2 Å². The van der Waals surface area contributed by atoms with Crippen LogP contribution in [0.4, 0.5) is 18.9 Å². The molecule has 3 nitrogen and oxygen atoms in total. The van der Waals surface area contributed by atoms with Crippen LogP contribution in [0.2, 0.25) is 0 Å². The van der Waals surface area contributed by atoms with Gasteiger partial charge in [0.15, 0.2) is 0 Å². The molecule has 0 unspecified atom stereocenters. The van der Waals surface area contributed by atoms with Gasteiger partial charge in [-0.05, 0) is 36.5 Å². The highest BCUT2D eigenvalue weighted by atomic mass is 19.4. The fraction of sp³-hybridized carbons (Fsp3) is 0.650. The Bertz CT molecular complexity index is 586. The number of rotatable bonds is 5. The molecule has 2 aliphatic heterocycles. The number of halogens is 3. The highest BCUT2D eigenvalue weighted by Gasteiger charge is 2.32. The molecule has 2 fully saturated rings. The molecular formula is C20H29F3N3. The van der Waals surface area contributed by atoms with Crippen molar-refractivity contribution in [3.63, 3.8) is 0 Å². The van der Waals surface area contributed by atoms with Crippen LogP contribution in [0.5, 0.6) is 0 Å². The molecule has 1 radical (unpaired) electrons. The molecule has 0 N–H and O–H groups in total. The van der Waals surface area contributed by atoms with E-state index < -0.39 is 11.7 Å². The lowest BCUT2D eigenvalue weighted by Gasteiger charge is -2.36. The van der Waals surface area contributed by atoms with E-state index in [1.54, 1.807) is 6.07 Å². The first-order valence-electron chi connectivity index (χ1n) is 9.52. The fourth-order valence-electron chi connectivity index (χ4n) is 3.92. The Morgan fingerprint density at radius 2 is 1.54 bits per heavy atom. The van der Waals surface area contributed by atoms with Crippen molar-refractivity contribution in [3.8, 4) is 0 Å². The van der Waals surface area contributed by atoms with Gasteiger partial charge in [-0.3, -0.25) is 4.90 Å². The van der Waals surface area contributed by atoms with Crippen LogP contribution in [0.1, 0.15) is 37.8 Å². The standard InChI is InChI=1S/C20H29F3N3/c1-16(2)14-24-9-11-25(12-10-24)15-17-5-6-18(20(21,22)23)13-19(17)26-7-3-4-8-26/h5-6,13H,3-4,7-12,14-15H2,1-2H3. The summed E-state index contributed by atoms with van der Waals surface area (Å²) in [6, 6.07) is 4.28. The van der Waals surface area contributed by atoms with Gasteiger partial charge in [0.25, 0.3) is 0 Å². The van der Waals surface area contributed by atoms with Gasteiger partial charge in [0.05, 0.1) is 5.56 Å². The Labute approximate surface area is 154 Å². The average molecular weight is 368 g/mol. The smallest absolute Gasteiger partial charge is 0.371 e. The maximum Gasteiger partial charge on any atom is 0.416 e. The summed E-state index contributed by atoms with van der Waals surface area (Å²) < 4.78 is 39.5. The van der Waals surface area contributed by atoms with E-state index in [-0.39, 0.29) is 0 Å². The van der Waals surface area contributed by atoms with Crippen molar-refractivity contribution < 1.29 is 13.2 Å². The summed E-state index contributed by atoms with van der Waals surface area (Å²) in [5.74, 6) is 1.41. The zero-order valence-corrected chi connectivity index (χ0v) is 15.8. The monoisotopic (exact) mass is 368 g/mol. The highest BCUT2D eigenvalue weighted by molar-refractivity contribution is 5.56. The zero-order chi connectivity index (χ0) is 18.7. The molecule has 1 aromatic rings. The van der Waals surface area contributed by atoms with Gasteiger partial charge in [-0.1, -0.05) is 19.9 Å². The van der Waals surface area contributed by atoms with Crippen LogP contribution in [-0.4, -0.2) is 55.6 Å². The number of piperazine rings is 1. The molecule has 0 aliphatic carbocycles. The molecule has 0 spiro atoms. The molecule has 0 amide bonds. The van der Waals surface area contributed by atoms with Crippen LogP contribution < -0.4 is 4.90 Å². The van der Waals surface area contributed by atoms with E-state index in [0.29, 0.717) is 0 Å². The molecule has 1 aromatic carbocycles. The largest absolute Gasteiger partial charge is 0.416 e. The van der Waals surface area contributed by atoms with Gasteiger partial charge < -0.3 is 9.80 Å². The van der Waals surface area contributed by atoms with Crippen molar-refractivity contribution in [2.75, 3.05) is 50.7 Å². The molecule has 0 bridgehead atoms. The minimum atomic E-state index is -4.28. The first kappa shape index (κ1) is 19.5. The third-order valence-corrected chi connectivity index (χ3v) is 5.26. The minimum absolute atomic E-state index is 0.540. The van der Waals surface area contributed by atoms with Crippen LogP contribution in [0, 0.1) is 5.92 Å². The van der Waals surface area contributed by atoms with E-state index >= 15 is 0 Å². The Balaban J connectivity index is 1.71. The SMILES string of the molecule is C[C](C)CN1CCN(Cc2ccc(C(F)(F)F)cc2N2CCCC2)CC1. The Kier molecular flexibility index (Phi) is 6.13. The lowest BCUT2D eigenvalue weighted by Crippen LogP contribution is -2.46. The second-order valence-corrected chi connectivity index (χ2v) is 7.79. The quantitative estimate of drug-likeness (QED) is 0.777. The van der Waals surface area contributed by atoms with Gasteiger partial charge in [-0.25, -0.2) is 0 Å². The van der Waals surface area contributed by atoms with Crippen LogP contribution in [0.3, 0.4) is 0 Å². The second kappa shape index (κ2) is 8.17. The fourth-order valence-corrected chi connectivity index (χ4v) is 3.92. The Hall–Kier alpha value is -1.27. The normalized spacial score (nSPS) is 20.3. The van der Waals surface area contributed by atoms with Crippen molar-refractivity contribution in [1.82, 2.24) is 9.80 Å². The Morgan fingerprint density at radius 3 is 2.12 bits per heavy atom. The third kappa shape index (κ3) is 4.92. The van der Waals surface area contributed by atoms with Crippen molar-refractivity contribution in [2.45, 2.75) is 39.4 Å². The maximum absolute atomic E-state index is 13.2. The summed E-state index contributed by atoms with van der Waals surface area (Å²) in [6.45, 7) is 11.7. The van der Waals surface area contributed by atoms with Gasteiger partial charge in [0, 0.05) is 58.0 Å². The second-order valence-electron chi connectivity index (χ2n) is 7.79. The number of nitrogens with zero attached hydrogens (tertiary/aromatic N) is 3. The number of benzene rings is 1. The van der Waals surface area contributed by atoms with E-state index in [2.05, 4.69) is 28.5 Å². The lowest BCUT2D eigenvalue weighted by molar-refractivity contribution is -0.137. The van der Waals surface area contributed by atoms with E-state index in [0.717, 1.165) is 76.5 Å². The van der Waals surface area contributed by atoms with E-state index in [1.807, 2.05) is 0 Å². The Morgan fingerprint density at radius 1 is 0.923 bits per heavy atom. The summed E-state index contributed by atoms with van der Waals surface area (Å²) >= 11 is 0. The molecule has 3 rings (SSSR count). The van der Waals surface area contributed by atoms with E-state index in [4.69, 9.17) is 0 Å². The number of anilines is 1. The predicted molar refractivity (Wildman–Crippen MR) is 99.2 cm³/mol. The summed E-state index contributed by atoms with van der Waals surface area (Å²) in [5, 5.41) is 0. The summed E-state index contributed by atoms with van der Waals surface area (Å²) in [5.41, 5.74) is 1.26. The number of hydrogen-bond acceptors (Lipinski definition) is 3. The molecule has 26 heavy (non-hydrogen) atoms. The molecule has 145 valence electrons. The minimum Gasteiger partial charge on any atom is -0.371 e. The van der Waals surface area contributed by atoms with Gasteiger partial charge >= 0.3 is 6.18 Å². The average Bonchev–Trinajstić information content (AvgIpc) is 3.10. The van der Waals surface area contributed by atoms with Crippen molar-refractivity contribution >= 4 is 5.69 Å². The van der Waals surface area contributed by atoms with Crippen LogP contribution in [0.15, 0.2) is 18.2 Å². The number of alkyl halides is 3. The van der Waals surface area contributed by atoms with Gasteiger partial charge in [0.2, 0.25) is 0 Å². The molecule has 2 saturated heterocycles.